The fourth-order valence-corrected chi connectivity index (χ4v) is 6.50. The molecular formula is C33H29Cl3N2O5S. The van der Waals surface area contributed by atoms with Crippen molar-refractivity contribution in [3.05, 3.63) is 123 Å². The topological polar surface area (TPSA) is 79.1 Å². The van der Waals surface area contributed by atoms with Crippen molar-refractivity contribution in [2.75, 3.05) is 13.7 Å². The van der Waals surface area contributed by atoms with Crippen LogP contribution in [0.15, 0.2) is 81.7 Å². The van der Waals surface area contributed by atoms with Crippen LogP contribution in [0.25, 0.3) is 6.08 Å². The molecule has 1 atom stereocenters. The van der Waals surface area contributed by atoms with Crippen molar-refractivity contribution < 1.29 is 19.0 Å². The van der Waals surface area contributed by atoms with Crippen LogP contribution in [0.2, 0.25) is 15.1 Å². The average molecular weight is 672 g/mol. The lowest BCUT2D eigenvalue weighted by Crippen LogP contribution is -2.40. The number of nitrogens with zero attached hydrogens (tertiary/aromatic N) is 2. The van der Waals surface area contributed by atoms with E-state index in [1.54, 1.807) is 43.3 Å². The summed E-state index contributed by atoms with van der Waals surface area (Å²) in [5.74, 6) is 0.571. The van der Waals surface area contributed by atoms with Gasteiger partial charge in [0.05, 0.1) is 39.6 Å². The van der Waals surface area contributed by atoms with Gasteiger partial charge in [-0.05, 0) is 73.0 Å². The lowest BCUT2D eigenvalue weighted by Gasteiger charge is -2.27. The first kappa shape index (κ1) is 31.9. The Balaban J connectivity index is 1.61. The van der Waals surface area contributed by atoms with Crippen molar-refractivity contribution in [2.45, 2.75) is 39.3 Å². The summed E-state index contributed by atoms with van der Waals surface area (Å²) < 4.78 is 19.1. The number of carbonyl (C=O) groups excluding carboxylic acids is 1. The van der Waals surface area contributed by atoms with E-state index in [0.29, 0.717) is 65.8 Å². The molecule has 0 N–H and O–H groups in total. The zero-order valence-electron chi connectivity index (χ0n) is 24.2. The van der Waals surface area contributed by atoms with Crippen LogP contribution in [-0.4, -0.2) is 24.3 Å². The van der Waals surface area contributed by atoms with E-state index in [4.69, 9.17) is 54.0 Å². The second-order valence-electron chi connectivity index (χ2n) is 9.91. The first-order valence-corrected chi connectivity index (χ1v) is 15.9. The monoisotopic (exact) mass is 670 g/mol. The van der Waals surface area contributed by atoms with E-state index in [2.05, 4.69) is 0 Å². The molecule has 0 bridgehead atoms. The molecule has 228 valence electrons. The molecule has 4 aromatic rings. The predicted molar refractivity (Wildman–Crippen MR) is 175 cm³/mol. The van der Waals surface area contributed by atoms with Gasteiger partial charge in [0.15, 0.2) is 4.80 Å². The molecule has 3 aromatic carbocycles. The smallest absolute Gasteiger partial charge is 0.338 e. The van der Waals surface area contributed by atoms with E-state index in [0.717, 1.165) is 17.5 Å². The maximum atomic E-state index is 14.1. The van der Waals surface area contributed by atoms with Gasteiger partial charge in [-0.2, -0.15) is 0 Å². The Bertz CT molecular complexity index is 1930. The predicted octanol–water partition coefficient (Wildman–Crippen LogP) is 7.13. The van der Waals surface area contributed by atoms with Gasteiger partial charge in [0.2, 0.25) is 0 Å². The molecule has 1 aliphatic rings. The number of hydrogen-bond acceptors (Lipinski definition) is 7. The Kier molecular flexibility index (Phi) is 10.2. The third-order valence-electron chi connectivity index (χ3n) is 6.92. The standard InChI is InChI=1S/C33H29Cl3N2O5S/c1-4-7-26-29(32(40)42-5-2)30(23-17-21(34)11-13-27(23)41-3)38-31(39)28(44-33(38)37-26)16-19-8-6-9-22(14-19)43-18-20-10-12-24(35)25(36)15-20/h6,8-17,30H,4-5,7,18H2,1-3H3/b28-16+/t30-/m0/s1. The Labute approximate surface area is 273 Å². The van der Waals surface area contributed by atoms with Crippen LogP contribution < -0.4 is 24.4 Å². The Hall–Kier alpha value is -3.56. The van der Waals surface area contributed by atoms with E-state index >= 15 is 0 Å². The summed E-state index contributed by atoms with van der Waals surface area (Å²) in [5.41, 5.74) is 2.76. The number of hydrogen-bond donors (Lipinski definition) is 0. The number of thiazole rings is 1. The number of esters is 1. The molecule has 5 rings (SSSR count). The van der Waals surface area contributed by atoms with E-state index in [1.807, 2.05) is 37.3 Å². The second kappa shape index (κ2) is 14.0. The van der Waals surface area contributed by atoms with Gasteiger partial charge in [-0.1, -0.05) is 77.7 Å². The number of halogens is 3. The maximum Gasteiger partial charge on any atom is 0.338 e. The molecule has 0 spiro atoms. The molecular weight excluding hydrogens is 643 g/mol. The van der Waals surface area contributed by atoms with Gasteiger partial charge in [0.1, 0.15) is 24.1 Å². The van der Waals surface area contributed by atoms with Gasteiger partial charge in [0.25, 0.3) is 5.56 Å². The lowest BCUT2D eigenvalue weighted by molar-refractivity contribution is -0.139. The molecule has 0 radical (unpaired) electrons. The molecule has 44 heavy (non-hydrogen) atoms. The summed E-state index contributed by atoms with van der Waals surface area (Å²) in [6.07, 6.45) is 3.05. The number of ether oxygens (including phenoxy) is 3. The van der Waals surface area contributed by atoms with E-state index < -0.39 is 12.0 Å². The molecule has 0 fully saturated rings. The first-order valence-electron chi connectivity index (χ1n) is 14.0. The Morgan fingerprint density at radius 3 is 2.59 bits per heavy atom. The number of carbonyl (C=O) groups is 1. The normalized spacial score (nSPS) is 14.7. The zero-order chi connectivity index (χ0) is 31.4. The van der Waals surface area contributed by atoms with Crippen LogP contribution in [-0.2, 0) is 16.1 Å². The summed E-state index contributed by atoms with van der Waals surface area (Å²) in [6, 6.07) is 17.0. The van der Waals surface area contributed by atoms with E-state index in [-0.39, 0.29) is 12.2 Å². The van der Waals surface area contributed by atoms with Crippen molar-refractivity contribution in [2.24, 2.45) is 4.99 Å². The first-order chi connectivity index (χ1) is 21.2. The fraction of sp³-hybridized carbons (Fsp3) is 0.242. The third-order valence-corrected chi connectivity index (χ3v) is 8.88. The molecule has 0 amide bonds. The Morgan fingerprint density at radius 1 is 1.05 bits per heavy atom. The largest absolute Gasteiger partial charge is 0.496 e. The number of allylic oxidation sites excluding steroid dienone is 1. The van der Waals surface area contributed by atoms with Crippen molar-refractivity contribution in [1.29, 1.82) is 0 Å². The maximum absolute atomic E-state index is 14.1. The summed E-state index contributed by atoms with van der Waals surface area (Å²) in [6.45, 7) is 4.21. The van der Waals surface area contributed by atoms with Crippen molar-refractivity contribution in [1.82, 2.24) is 4.57 Å². The van der Waals surface area contributed by atoms with Crippen LogP contribution in [0.3, 0.4) is 0 Å². The quantitative estimate of drug-likeness (QED) is 0.168. The van der Waals surface area contributed by atoms with Crippen molar-refractivity contribution in [3.8, 4) is 11.5 Å². The molecule has 11 heteroatoms. The summed E-state index contributed by atoms with van der Waals surface area (Å²) in [7, 11) is 1.54. The molecule has 0 saturated heterocycles. The van der Waals surface area contributed by atoms with Crippen molar-refractivity contribution in [3.63, 3.8) is 0 Å². The molecule has 0 unspecified atom stereocenters. The lowest BCUT2D eigenvalue weighted by atomic mass is 9.93. The summed E-state index contributed by atoms with van der Waals surface area (Å²) >= 11 is 19.8. The van der Waals surface area contributed by atoms with Gasteiger partial charge < -0.3 is 14.2 Å². The molecule has 0 saturated carbocycles. The minimum absolute atomic E-state index is 0.176. The second-order valence-corrected chi connectivity index (χ2v) is 12.2. The number of rotatable bonds is 10. The summed E-state index contributed by atoms with van der Waals surface area (Å²) in [5, 5.41) is 1.38. The highest BCUT2D eigenvalue weighted by Crippen LogP contribution is 2.38. The highest BCUT2D eigenvalue weighted by Gasteiger charge is 2.36. The number of aromatic nitrogens is 1. The van der Waals surface area contributed by atoms with Gasteiger partial charge in [-0.15, -0.1) is 0 Å². The molecule has 0 aliphatic carbocycles. The van der Waals surface area contributed by atoms with E-state index in [9.17, 15) is 9.59 Å². The minimum atomic E-state index is -0.844. The highest BCUT2D eigenvalue weighted by atomic mass is 35.5. The number of fused-ring (bicyclic) bond motifs is 1. The van der Waals surface area contributed by atoms with Gasteiger partial charge in [-0.25, -0.2) is 9.79 Å². The molecule has 7 nitrogen and oxygen atoms in total. The van der Waals surface area contributed by atoms with Crippen LogP contribution in [0.1, 0.15) is 49.4 Å². The zero-order valence-corrected chi connectivity index (χ0v) is 27.3. The minimum Gasteiger partial charge on any atom is -0.496 e. The SMILES string of the molecule is CCCC1=C(C(=O)OCC)[C@H](c2cc(Cl)ccc2OC)n2c(s/c(=C/c3cccc(OCc4ccc(Cl)c(Cl)c4)c3)c2=O)=N1. The molecule has 1 aliphatic heterocycles. The average Bonchev–Trinajstić information content (AvgIpc) is 3.31. The number of methoxy groups -OCH3 is 1. The number of benzene rings is 3. The van der Waals surface area contributed by atoms with E-state index in [1.165, 1.54) is 23.0 Å². The van der Waals surface area contributed by atoms with Gasteiger partial charge in [0, 0.05) is 10.6 Å². The van der Waals surface area contributed by atoms with Crippen LogP contribution in [0.5, 0.6) is 11.5 Å². The van der Waals surface area contributed by atoms with Crippen LogP contribution in [0, 0.1) is 0 Å². The summed E-state index contributed by atoms with van der Waals surface area (Å²) in [4.78, 5) is 32.8. The van der Waals surface area contributed by atoms with Crippen LogP contribution >= 0.6 is 46.1 Å². The van der Waals surface area contributed by atoms with Gasteiger partial charge >= 0.3 is 5.97 Å². The third kappa shape index (κ3) is 6.74. The van der Waals surface area contributed by atoms with Crippen molar-refractivity contribution >= 4 is 58.2 Å². The van der Waals surface area contributed by atoms with Gasteiger partial charge in [-0.3, -0.25) is 9.36 Å². The Morgan fingerprint density at radius 2 is 1.86 bits per heavy atom. The van der Waals surface area contributed by atoms with Crippen LogP contribution in [0.4, 0.5) is 0 Å². The fourth-order valence-electron chi connectivity index (χ4n) is 4.98. The highest BCUT2D eigenvalue weighted by molar-refractivity contribution is 7.07. The molecule has 2 heterocycles. The molecule has 1 aromatic heterocycles.